The number of allylic oxidation sites excluding steroid dienone is 4. The lowest BCUT2D eigenvalue weighted by molar-refractivity contribution is 0.815. The van der Waals surface area contributed by atoms with Crippen molar-refractivity contribution in [3.8, 4) is 0 Å². The van der Waals surface area contributed by atoms with Gasteiger partial charge < -0.3 is 0 Å². The molecule has 0 saturated carbocycles. The van der Waals surface area contributed by atoms with Gasteiger partial charge in [0, 0.05) is 0 Å². The number of hydrogen-bond donors (Lipinski definition) is 0. The van der Waals surface area contributed by atoms with Crippen molar-refractivity contribution in [2.24, 2.45) is 0 Å². The monoisotopic (exact) mass is 138 g/mol. The maximum absolute atomic E-state index is 2.23. The van der Waals surface area contributed by atoms with E-state index in [0.717, 1.165) is 6.42 Å². The summed E-state index contributed by atoms with van der Waals surface area (Å²) in [5, 5.41) is 0. The third kappa shape index (κ3) is 7.48. The molecule has 0 heteroatoms. The van der Waals surface area contributed by atoms with Crippen LogP contribution in [0.3, 0.4) is 0 Å². The highest BCUT2D eigenvalue weighted by Gasteiger charge is 1.74. The minimum absolute atomic E-state index is 1.14. The van der Waals surface area contributed by atoms with E-state index in [4.69, 9.17) is 0 Å². The Bertz CT molecular complexity index is 98.6. The highest BCUT2D eigenvalue weighted by Crippen LogP contribution is 1.94. The van der Waals surface area contributed by atoms with Crippen LogP contribution in [-0.4, -0.2) is 0 Å². The fraction of sp³-hybridized carbons (Fsp3) is 0.600. The summed E-state index contributed by atoms with van der Waals surface area (Å²) in [6, 6.07) is 0. The summed E-state index contributed by atoms with van der Waals surface area (Å²) < 4.78 is 0. The van der Waals surface area contributed by atoms with E-state index >= 15 is 0 Å². The number of hydrogen-bond acceptors (Lipinski definition) is 0. The Hall–Kier alpha value is -0.520. The van der Waals surface area contributed by atoms with Crippen molar-refractivity contribution >= 4 is 0 Å². The molecular formula is C10H18. The lowest BCUT2D eigenvalue weighted by Gasteiger charge is -1.85. The zero-order chi connectivity index (χ0) is 7.66. The lowest BCUT2D eigenvalue weighted by atomic mass is 10.2. The van der Waals surface area contributed by atoms with E-state index in [1.807, 2.05) is 0 Å². The van der Waals surface area contributed by atoms with Gasteiger partial charge in [-0.3, -0.25) is 0 Å². The Morgan fingerprint density at radius 2 is 1.70 bits per heavy atom. The van der Waals surface area contributed by atoms with Crippen LogP contribution in [0.1, 0.15) is 39.5 Å². The van der Waals surface area contributed by atoms with E-state index in [0.29, 0.717) is 0 Å². The first kappa shape index (κ1) is 9.48. The Balaban J connectivity index is 3.11. The number of rotatable bonds is 5. The van der Waals surface area contributed by atoms with Gasteiger partial charge in [-0.2, -0.15) is 0 Å². The summed E-state index contributed by atoms with van der Waals surface area (Å²) in [6.45, 7) is 4.37. The second kappa shape index (κ2) is 8.48. The number of unbranched alkanes of at least 4 members (excludes halogenated alkanes) is 2. The van der Waals surface area contributed by atoms with Crippen LogP contribution in [0.4, 0.5) is 0 Å². The Labute approximate surface area is 64.6 Å². The average Bonchev–Trinajstić information content (AvgIpc) is 1.97. The van der Waals surface area contributed by atoms with Crippen LogP contribution in [0.2, 0.25) is 0 Å². The summed E-state index contributed by atoms with van der Waals surface area (Å²) in [5.74, 6) is 0. The molecule has 0 aliphatic rings. The smallest absolute Gasteiger partial charge is 0.0348 e. The predicted molar refractivity (Wildman–Crippen MR) is 48.1 cm³/mol. The summed E-state index contributed by atoms with van der Waals surface area (Å²) in [4.78, 5) is 0. The van der Waals surface area contributed by atoms with E-state index in [2.05, 4.69) is 38.2 Å². The third-order valence-corrected chi connectivity index (χ3v) is 1.34. The van der Waals surface area contributed by atoms with Crippen molar-refractivity contribution in [2.45, 2.75) is 39.5 Å². The van der Waals surface area contributed by atoms with Crippen LogP contribution in [0.5, 0.6) is 0 Å². The molecule has 0 aromatic carbocycles. The van der Waals surface area contributed by atoms with E-state index in [1.54, 1.807) is 0 Å². The maximum Gasteiger partial charge on any atom is -0.0348 e. The molecule has 0 radical (unpaired) electrons. The van der Waals surface area contributed by atoms with Crippen LogP contribution in [0, 0.1) is 0 Å². The molecule has 0 aromatic heterocycles. The van der Waals surface area contributed by atoms with E-state index in [9.17, 15) is 0 Å². The fourth-order valence-electron chi connectivity index (χ4n) is 0.711. The first-order chi connectivity index (χ1) is 4.91. The second-order valence-electron chi connectivity index (χ2n) is 2.41. The third-order valence-electron chi connectivity index (χ3n) is 1.34. The molecule has 0 heterocycles. The van der Waals surface area contributed by atoms with Gasteiger partial charge in [0.15, 0.2) is 0 Å². The Morgan fingerprint density at radius 3 is 2.30 bits per heavy atom. The maximum atomic E-state index is 2.23. The molecule has 0 rings (SSSR count). The summed E-state index contributed by atoms with van der Waals surface area (Å²) >= 11 is 0. The highest BCUT2D eigenvalue weighted by atomic mass is 13.8. The Morgan fingerprint density at radius 1 is 1.00 bits per heavy atom. The normalized spacial score (nSPS) is 11.8. The van der Waals surface area contributed by atoms with Gasteiger partial charge in [0.05, 0.1) is 0 Å². The van der Waals surface area contributed by atoms with Gasteiger partial charge >= 0.3 is 0 Å². The van der Waals surface area contributed by atoms with Crippen molar-refractivity contribution < 1.29 is 0 Å². The quantitative estimate of drug-likeness (QED) is 0.401. The molecule has 0 fully saturated rings. The minimum Gasteiger partial charge on any atom is -0.0848 e. The van der Waals surface area contributed by atoms with Gasteiger partial charge in [-0.05, 0) is 12.8 Å². The van der Waals surface area contributed by atoms with Gasteiger partial charge in [-0.1, -0.05) is 51.0 Å². The molecular weight excluding hydrogens is 120 g/mol. The molecule has 0 atom stereocenters. The summed E-state index contributed by atoms with van der Waals surface area (Å²) in [6.07, 6.45) is 13.6. The van der Waals surface area contributed by atoms with Gasteiger partial charge in [0.25, 0.3) is 0 Å². The van der Waals surface area contributed by atoms with Crippen molar-refractivity contribution in [3.05, 3.63) is 24.3 Å². The van der Waals surface area contributed by atoms with Gasteiger partial charge in [0.1, 0.15) is 0 Å². The van der Waals surface area contributed by atoms with Crippen LogP contribution in [-0.2, 0) is 0 Å². The zero-order valence-electron chi connectivity index (χ0n) is 7.14. The van der Waals surface area contributed by atoms with Gasteiger partial charge in [-0.15, -0.1) is 0 Å². The molecule has 58 valence electrons. The van der Waals surface area contributed by atoms with E-state index in [1.165, 1.54) is 19.3 Å². The molecule has 0 saturated heterocycles. The first-order valence-electron chi connectivity index (χ1n) is 4.23. The molecule has 0 nitrogen and oxygen atoms in total. The zero-order valence-corrected chi connectivity index (χ0v) is 7.14. The van der Waals surface area contributed by atoms with Gasteiger partial charge in [-0.25, -0.2) is 0 Å². The molecule has 0 spiro atoms. The SMILES string of the molecule is CC/C=C\C=C/CCCC. The second-order valence-corrected chi connectivity index (χ2v) is 2.41. The topological polar surface area (TPSA) is 0 Å². The molecule has 0 N–H and O–H groups in total. The van der Waals surface area contributed by atoms with E-state index < -0.39 is 0 Å². The molecule has 10 heavy (non-hydrogen) atoms. The lowest BCUT2D eigenvalue weighted by Crippen LogP contribution is -1.64. The molecule has 0 amide bonds. The molecule has 0 unspecified atom stereocenters. The van der Waals surface area contributed by atoms with Crippen molar-refractivity contribution in [1.29, 1.82) is 0 Å². The first-order valence-corrected chi connectivity index (χ1v) is 4.23. The van der Waals surface area contributed by atoms with Crippen molar-refractivity contribution in [1.82, 2.24) is 0 Å². The largest absolute Gasteiger partial charge is 0.0848 e. The van der Waals surface area contributed by atoms with Crippen LogP contribution < -0.4 is 0 Å². The van der Waals surface area contributed by atoms with Crippen LogP contribution >= 0.6 is 0 Å². The molecule has 0 aromatic rings. The predicted octanol–water partition coefficient (Wildman–Crippen LogP) is 3.70. The highest BCUT2D eigenvalue weighted by molar-refractivity contribution is 5.01. The van der Waals surface area contributed by atoms with Gasteiger partial charge in [0.2, 0.25) is 0 Å². The van der Waals surface area contributed by atoms with Crippen LogP contribution in [0.25, 0.3) is 0 Å². The van der Waals surface area contributed by atoms with E-state index in [-0.39, 0.29) is 0 Å². The summed E-state index contributed by atoms with van der Waals surface area (Å²) in [7, 11) is 0. The van der Waals surface area contributed by atoms with Crippen molar-refractivity contribution in [2.75, 3.05) is 0 Å². The van der Waals surface area contributed by atoms with Crippen molar-refractivity contribution in [3.63, 3.8) is 0 Å². The molecule has 0 aliphatic carbocycles. The van der Waals surface area contributed by atoms with Crippen LogP contribution in [0.15, 0.2) is 24.3 Å². The Kier molecular flexibility index (Phi) is 8.04. The fourth-order valence-corrected chi connectivity index (χ4v) is 0.711. The minimum atomic E-state index is 1.14. The molecule has 0 aliphatic heterocycles. The standard InChI is InChI=1S/C10H18/c1-3-5-7-9-10-8-6-4-2/h5,7,9-10H,3-4,6,8H2,1-2H3/b7-5-,10-9-. The summed E-state index contributed by atoms with van der Waals surface area (Å²) in [5.41, 5.74) is 0. The average molecular weight is 138 g/mol. The molecule has 0 bridgehead atoms.